The predicted molar refractivity (Wildman–Crippen MR) is 87.5 cm³/mol. The number of para-hydroxylation sites is 1. The monoisotopic (exact) mass is 302 g/mol. The molecular weight excluding hydrogens is 276 g/mol. The number of hydrogen-bond acceptors (Lipinski definition) is 3. The summed E-state index contributed by atoms with van der Waals surface area (Å²) in [6.45, 7) is 2.68. The molecule has 120 valence electrons. The van der Waals surface area contributed by atoms with Gasteiger partial charge in [0.25, 0.3) is 0 Å². The molecule has 22 heavy (non-hydrogen) atoms. The number of nitrogens with zero attached hydrogens (tertiary/aromatic N) is 1. The van der Waals surface area contributed by atoms with E-state index in [1.807, 2.05) is 18.2 Å². The topological polar surface area (TPSA) is 52.6 Å². The number of anilines is 1. The second-order valence-electron chi connectivity index (χ2n) is 6.69. The van der Waals surface area contributed by atoms with Gasteiger partial charge in [-0.25, -0.2) is 0 Å². The number of amides is 1. The Bertz CT molecular complexity index is 506. The zero-order valence-electron chi connectivity index (χ0n) is 13.1. The molecular formula is C18H26N2O2. The zero-order chi connectivity index (χ0) is 15.4. The summed E-state index contributed by atoms with van der Waals surface area (Å²) >= 11 is 0. The number of hydrogen-bond donors (Lipinski definition) is 2. The molecule has 1 saturated carbocycles. The van der Waals surface area contributed by atoms with Crippen LogP contribution in [0.15, 0.2) is 24.3 Å². The lowest BCUT2D eigenvalue weighted by atomic mass is 10.1. The number of aliphatic hydroxyl groups is 1. The normalized spacial score (nSPS) is 20.0. The van der Waals surface area contributed by atoms with Crippen molar-refractivity contribution in [2.75, 3.05) is 18.4 Å². The van der Waals surface area contributed by atoms with Gasteiger partial charge in [-0.2, -0.15) is 0 Å². The number of benzene rings is 1. The molecule has 3 rings (SSSR count). The van der Waals surface area contributed by atoms with Gasteiger partial charge in [-0.05, 0) is 36.8 Å². The first-order chi connectivity index (χ1) is 10.7. The molecule has 0 spiro atoms. The Morgan fingerprint density at radius 3 is 2.64 bits per heavy atom. The number of aliphatic hydroxyl groups excluding tert-OH is 1. The van der Waals surface area contributed by atoms with Crippen LogP contribution in [0.2, 0.25) is 0 Å². The highest BCUT2D eigenvalue weighted by molar-refractivity contribution is 5.91. The maximum absolute atomic E-state index is 12.1. The Kier molecular flexibility index (Phi) is 5.11. The lowest BCUT2D eigenvalue weighted by Crippen LogP contribution is -2.35. The highest BCUT2D eigenvalue weighted by Crippen LogP contribution is 2.33. The maximum atomic E-state index is 12.1. The van der Waals surface area contributed by atoms with Crippen LogP contribution in [0.25, 0.3) is 0 Å². The second-order valence-corrected chi connectivity index (χ2v) is 6.69. The molecule has 1 amide bonds. The molecule has 1 saturated heterocycles. The number of piperidine rings is 1. The summed E-state index contributed by atoms with van der Waals surface area (Å²) in [6, 6.07) is 8.07. The Labute approximate surface area is 132 Å². The maximum Gasteiger partial charge on any atom is 0.224 e. The quantitative estimate of drug-likeness (QED) is 0.849. The number of rotatable bonds is 6. The minimum absolute atomic E-state index is 0.133. The molecule has 0 unspecified atom stereocenters. The zero-order valence-corrected chi connectivity index (χ0v) is 13.1. The molecule has 1 aliphatic carbocycles. The Morgan fingerprint density at radius 1 is 1.18 bits per heavy atom. The van der Waals surface area contributed by atoms with E-state index in [0.29, 0.717) is 6.42 Å². The van der Waals surface area contributed by atoms with Crippen LogP contribution in [0, 0.1) is 5.92 Å². The van der Waals surface area contributed by atoms with E-state index >= 15 is 0 Å². The van der Waals surface area contributed by atoms with Crippen LogP contribution in [-0.4, -0.2) is 35.1 Å². The highest BCUT2D eigenvalue weighted by Gasteiger charge is 2.22. The van der Waals surface area contributed by atoms with Crippen LogP contribution in [0.1, 0.15) is 44.1 Å². The van der Waals surface area contributed by atoms with Gasteiger partial charge in [0.2, 0.25) is 5.91 Å². The van der Waals surface area contributed by atoms with E-state index in [1.165, 1.54) is 18.4 Å². The molecule has 2 aliphatic rings. The lowest BCUT2D eigenvalue weighted by Gasteiger charge is -2.30. The molecule has 1 aromatic rings. The molecule has 1 aliphatic heterocycles. The van der Waals surface area contributed by atoms with Crippen LogP contribution in [0.4, 0.5) is 5.69 Å². The summed E-state index contributed by atoms with van der Waals surface area (Å²) in [5.74, 6) is 0.925. The Balaban J connectivity index is 1.55. The first kappa shape index (κ1) is 15.5. The van der Waals surface area contributed by atoms with Crippen LogP contribution < -0.4 is 5.32 Å². The van der Waals surface area contributed by atoms with Crippen molar-refractivity contribution in [1.29, 1.82) is 0 Å². The third kappa shape index (κ3) is 4.55. The molecule has 4 nitrogen and oxygen atoms in total. The van der Waals surface area contributed by atoms with Crippen LogP contribution in [0.3, 0.4) is 0 Å². The number of carbonyl (C=O) groups excluding carboxylic acids is 1. The van der Waals surface area contributed by atoms with Crippen LogP contribution in [-0.2, 0) is 11.3 Å². The lowest BCUT2D eigenvalue weighted by molar-refractivity contribution is -0.116. The Morgan fingerprint density at radius 2 is 1.91 bits per heavy atom. The molecule has 0 radical (unpaired) electrons. The summed E-state index contributed by atoms with van der Waals surface area (Å²) in [5.41, 5.74) is 2.10. The van der Waals surface area contributed by atoms with Crippen molar-refractivity contribution in [3.63, 3.8) is 0 Å². The molecule has 1 aromatic carbocycles. The summed E-state index contributed by atoms with van der Waals surface area (Å²) in [5, 5.41) is 12.7. The van der Waals surface area contributed by atoms with Gasteiger partial charge in [0.1, 0.15) is 0 Å². The van der Waals surface area contributed by atoms with E-state index in [1.54, 1.807) is 0 Å². The van der Waals surface area contributed by atoms with Crippen molar-refractivity contribution in [2.45, 2.75) is 51.2 Å². The molecule has 0 aromatic heterocycles. The van der Waals surface area contributed by atoms with Crippen molar-refractivity contribution >= 4 is 11.6 Å². The summed E-state index contributed by atoms with van der Waals surface area (Å²) in [4.78, 5) is 14.4. The Hall–Kier alpha value is -1.39. The van der Waals surface area contributed by atoms with Crippen molar-refractivity contribution < 1.29 is 9.90 Å². The third-order valence-corrected chi connectivity index (χ3v) is 4.72. The van der Waals surface area contributed by atoms with E-state index in [-0.39, 0.29) is 12.0 Å². The summed E-state index contributed by atoms with van der Waals surface area (Å²) < 4.78 is 0. The second kappa shape index (κ2) is 7.25. The molecule has 2 fully saturated rings. The van der Waals surface area contributed by atoms with Gasteiger partial charge in [-0.3, -0.25) is 9.69 Å². The molecule has 0 bridgehead atoms. The fraction of sp³-hybridized carbons (Fsp3) is 0.611. The van der Waals surface area contributed by atoms with Gasteiger partial charge in [-0.15, -0.1) is 0 Å². The average molecular weight is 302 g/mol. The minimum Gasteiger partial charge on any atom is -0.393 e. The number of nitrogens with one attached hydrogen (secondary N) is 1. The number of likely N-dealkylation sites (tertiary alicyclic amines) is 1. The van der Waals surface area contributed by atoms with Gasteiger partial charge in [0.05, 0.1) is 6.10 Å². The SMILES string of the molecule is O=C(CCC1CC1)Nc1ccccc1CN1CCC(O)CC1. The van der Waals surface area contributed by atoms with Crippen LogP contribution >= 0.6 is 0 Å². The summed E-state index contributed by atoms with van der Waals surface area (Å²) in [6.07, 6.45) is 5.79. The van der Waals surface area contributed by atoms with Gasteiger partial charge >= 0.3 is 0 Å². The largest absolute Gasteiger partial charge is 0.393 e. The van der Waals surface area contributed by atoms with E-state index in [0.717, 1.165) is 50.5 Å². The summed E-state index contributed by atoms with van der Waals surface area (Å²) in [7, 11) is 0. The van der Waals surface area contributed by atoms with Crippen molar-refractivity contribution in [3.05, 3.63) is 29.8 Å². The fourth-order valence-electron chi connectivity index (χ4n) is 3.05. The third-order valence-electron chi connectivity index (χ3n) is 4.72. The van der Waals surface area contributed by atoms with Gasteiger partial charge in [0.15, 0.2) is 0 Å². The molecule has 4 heteroatoms. The highest BCUT2D eigenvalue weighted by atomic mass is 16.3. The molecule has 0 atom stereocenters. The fourth-order valence-corrected chi connectivity index (χ4v) is 3.05. The average Bonchev–Trinajstić information content (AvgIpc) is 3.34. The number of carbonyl (C=O) groups is 1. The van der Waals surface area contributed by atoms with Gasteiger partial charge in [0, 0.05) is 31.7 Å². The first-order valence-corrected chi connectivity index (χ1v) is 8.49. The van der Waals surface area contributed by atoms with Gasteiger partial charge in [-0.1, -0.05) is 31.0 Å². The van der Waals surface area contributed by atoms with Crippen molar-refractivity contribution in [2.24, 2.45) is 5.92 Å². The van der Waals surface area contributed by atoms with E-state index < -0.39 is 0 Å². The van der Waals surface area contributed by atoms with Crippen molar-refractivity contribution in [3.8, 4) is 0 Å². The van der Waals surface area contributed by atoms with E-state index in [4.69, 9.17) is 0 Å². The molecule has 2 N–H and O–H groups in total. The van der Waals surface area contributed by atoms with Crippen molar-refractivity contribution in [1.82, 2.24) is 4.90 Å². The first-order valence-electron chi connectivity index (χ1n) is 8.49. The molecule has 1 heterocycles. The standard InChI is InChI=1S/C18H26N2O2/c21-16-9-11-20(12-10-16)13-15-3-1-2-4-17(15)19-18(22)8-7-14-5-6-14/h1-4,14,16,21H,5-13H2,(H,19,22). The minimum atomic E-state index is -0.145. The predicted octanol–water partition coefficient (Wildman–Crippen LogP) is 2.77. The van der Waals surface area contributed by atoms with E-state index in [2.05, 4.69) is 16.3 Å². The van der Waals surface area contributed by atoms with Gasteiger partial charge < -0.3 is 10.4 Å². The van der Waals surface area contributed by atoms with Crippen LogP contribution in [0.5, 0.6) is 0 Å². The smallest absolute Gasteiger partial charge is 0.224 e. The van der Waals surface area contributed by atoms with E-state index in [9.17, 15) is 9.90 Å².